The molecule has 0 radical (unpaired) electrons. The minimum absolute atomic E-state index is 1.67. The van der Waals surface area contributed by atoms with Gasteiger partial charge in [-0.1, -0.05) is 0 Å². The normalized spacial score (nSPS) is 22.4. The number of benzene rings is 1. The molecule has 1 aromatic rings. The number of carbonyl (C=O) groups is 1. The van der Waals surface area contributed by atoms with Gasteiger partial charge < -0.3 is 5.73 Å². The molecular weight excluding hydrogens is 383 g/mol. The van der Waals surface area contributed by atoms with Crippen molar-refractivity contribution < 1.29 is 53.1 Å². The van der Waals surface area contributed by atoms with Crippen LogP contribution in [-0.4, -0.2) is 17.8 Å². The highest BCUT2D eigenvalue weighted by molar-refractivity contribution is 5.77. The Balaban J connectivity index is 3.06. The summed E-state index contributed by atoms with van der Waals surface area (Å²) in [6.45, 7) is 0. The molecule has 0 saturated carbocycles. The zero-order valence-corrected chi connectivity index (χ0v) is 11.4. The lowest BCUT2D eigenvalue weighted by Crippen LogP contribution is -2.64. The highest BCUT2D eigenvalue weighted by atomic mass is 19.4. The Hall–Kier alpha value is -2.08. The van der Waals surface area contributed by atoms with Gasteiger partial charge in [0.1, 0.15) is 5.82 Å². The monoisotopic (exact) mass is 387 g/mol. The molecule has 2 nitrogen and oxygen atoms in total. The Morgan fingerprint density at radius 3 is 1.44 bits per heavy atom. The number of halogens is 11. The molecule has 2 N–H and O–H groups in total. The molecule has 0 heterocycles. The van der Waals surface area contributed by atoms with Gasteiger partial charge in [-0.25, -0.2) is 13.2 Å². The molecule has 1 amide bonds. The van der Waals surface area contributed by atoms with E-state index in [2.05, 4.69) is 5.73 Å². The average molecular weight is 387 g/mol. The van der Waals surface area contributed by atoms with Crippen LogP contribution in [0.5, 0.6) is 0 Å². The zero-order chi connectivity index (χ0) is 19.7. The summed E-state index contributed by atoms with van der Waals surface area (Å²) in [5.74, 6) is -36.8. The van der Waals surface area contributed by atoms with Crippen molar-refractivity contribution in [3.8, 4) is 0 Å². The summed E-state index contributed by atoms with van der Waals surface area (Å²) < 4.78 is 149. The van der Waals surface area contributed by atoms with Gasteiger partial charge in [0.15, 0.2) is 11.6 Å². The molecule has 0 bridgehead atoms. The first-order valence-corrected chi connectivity index (χ1v) is 6.03. The fraction of sp³-hybridized carbons (Fsp3) is 0.417. The van der Waals surface area contributed by atoms with Gasteiger partial charge in [-0.15, -0.1) is 0 Å². The van der Waals surface area contributed by atoms with E-state index in [1.54, 1.807) is 0 Å². The van der Waals surface area contributed by atoms with Crippen LogP contribution in [0, 0.1) is 17.5 Å². The van der Waals surface area contributed by atoms with Gasteiger partial charge in [-0.2, -0.15) is 35.1 Å². The van der Waals surface area contributed by atoms with Gasteiger partial charge in [-0.05, 0) is 0 Å². The molecule has 0 unspecified atom stereocenters. The van der Waals surface area contributed by atoms with Crippen LogP contribution in [0.15, 0.2) is 0 Å². The highest BCUT2D eigenvalue weighted by Crippen LogP contribution is 2.65. The smallest absolute Gasteiger partial charge is 0.369 e. The molecule has 25 heavy (non-hydrogen) atoms. The zero-order valence-electron chi connectivity index (χ0n) is 11.4. The van der Waals surface area contributed by atoms with Crippen LogP contribution < -0.4 is 5.73 Å². The second-order valence-electron chi connectivity index (χ2n) is 5.11. The van der Waals surface area contributed by atoms with Gasteiger partial charge >= 0.3 is 23.7 Å². The third kappa shape index (κ3) is 2.06. The summed E-state index contributed by atoms with van der Waals surface area (Å²) in [5, 5.41) is 0. The van der Waals surface area contributed by atoms with Crippen LogP contribution in [0.3, 0.4) is 0 Å². The lowest BCUT2D eigenvalue weighted by molar-refractivity contribution is -0.387. The maximum absolute atomic E-state index is 14.0. The number of hydrogen-bond donors (Lipinski definition) is 1. The molecule has 13 heteroatoms. The number of amides is 1. The van der Waals surface area contributed by atoms with Crippen molar-refractivity contribution >= 4 is 5.91 Å². The summed E-state index contributed by atoms with van der Waals surface area (Å²) in [6, 6.07) is 0. The predicted molar refractivity (Wildman–Crippen MR) is 56.9 cm³/mol. The van der Waals surface area contributed by atoms with Crippen LogP contribution in [-0.2, 0) is 23.1 Å². The average Bonchev–Trinajstić information content (AvgIpc) is 2.44. The number of fused-ring (bicyclic) bond motifs is 1. The van der Waals surface area contributed by atoms with E-state index in [0.717, 1.165) is 0 Å². The second-order valence-corrected chi connectivity index (χ2v) is 5.11. The molecule has 0 saturated heterocycles. The molecule has 1 aliphatic rings. The van der Waals surface area contributed by atoms with E-state index in [1.807, 2.05) is 0 Å². The van der Waals surface area contributed by atoms with Gasteiger partial charge in [-0.3, -0.25) is 4.79 Å². The van der Waals surface area contributed by atoms with Gasteiger partial charge in [0.2, 0.25) is 5.91 Å². The number of carbonyl (C=O) groups excluding carboxylic acids is 1. The molecule has 2 rings (SSSR count). The highest BCUT2D eigenvalue weighted by Gasteiger charge is 2.86. The Labute approximate surface area is 130 Å². The molecule has 1 aromatic carbocycles. The summed E-state index contributed by atoms with van der Waals surface area (Å²) in [7, 11) is 0. The Morgan fingerprint density at radius 1 is 0.720 bits per heavy atom. The number of hydrogen-bond acceptors (Lipinski definition) is 1. The van der Waals surface area contributed by atoms with E-state index in [0.29, 0.717) is 0 Å². The molecule has 140 valence electrons. The van der Waals surface area contributed by atoms with E-state index < -0.39 is 70.2 Å². The van der Waals surface area contributed by atoms with Crippen molar-refractivity contribution in [1.29, 1.82) is 0 Å². The Bertz CT molecular complexity index is 771. The van der Waals surface area contributed by atoms with Gasteiger partial charge in [0.05, 0.1) is 17.5 Å². The third-order valence-electron chi connectivity index (χ3n) is 3.57. The molecule has 1 aliphatic carbocycles. The van der Waals surface area contributed by atoms with Crippen molar-refractivity contribution in [2.45, 2.75) is 30.1 Å². The quantitative estimate of drug-likeness (QED) is 0.612. The van der Waals surface area contributed by atoms with Crippen molar-refractivity contribution in [2.24, 2.45) is 5.73 Å². The maximum atomic E-state index is 14.0. The van der Waals surface area contributed by atoms with Gasteiger partial charge in [0, 0.05) is 5.56 Å². The van der Waals surface area contributed by atoms with Crippen molar-refractivity contribution in [1.82, 2.24) is 0 Å². The van der Waals surface area contributed by atoms with E-state index in [4.69, 9.17) is 0 Å². The first kappa shape index (κ1) is 19.2. The maximum Gasteiger partial charge on any atom is 0.383 e. The van der Waals surface area contributed by atoms with Crippen LogP contribution in [0.1, 0.15) is 16.7 Å². The third-order valence-corrected chi connectivity index (χ3v) is 3.57. The predicted octanol–water partition coefficient (Wildman–Crippen LogP) is 3.60. The molecule has 0 spiro atoms. The SMILES string of the molecule is NC(=O)Cc1c(F)c(F)c2c(c1F)C(F)(F)C(F)(F)C(F)(F)C2(F)F. The lowest BCUT2D eigenvalue weighted by Gasteiger charge is -2.43. The van der Waals surface area contributed by atoms with Gasteiger partial charge in [0.25, 0.3) is 0 Å². The number of primary amides is 1. The molecule has 0 aromatic heterocycles. The van der Waals surface area contributed by atoms with Crippen LogP contribution >= 0.6 is 0 Å². The van der Waals surface area contributed by atoms with Crippen molar-refractivity contribution in [3.05, 3.63) is 34.1 Å². The number of alkyl halides is 8. The summed E-state index contributed by atoms with van der Waals surface area (Å²) in [4.78, 5) is 10.6. The van der Waals surface area contributed by atoms with E-state index in [9.17, 15) is 53.1 Å². The van der Waals surface area contributed by atoms with Crippen LogP contribution in [0.25, 0.3) is 0 Å². The van der Waals surface area contributed by atoms with E-state index in [-0.39, 0.29) is 0 Å². The largest absolute Gasteiger partial charge is 0.383 e. The summed E-state index contributed by atoms with van der Waals surface area (Å²) in [5.41, 5.74) is -3.88. The molecule has 0 atom stereocenters. The number of rotatable bonds is 2. The Kier molecular flexibility index (Phi) is 3.83. The lowest BCUT2D eigenvalue weighted by atomic mass is 9.78. The van der Waals surface area contributed by atoms with Crippen LogP contribution in [0.2, 0.25) is 0 Å². The van der Waals surface area contributed by atoms with E-state index in [1.165, 1.54) is 0 Å². The fourth-order valence-corrected chi connectivity index (χ4v) is 2.34. The van der Waals surface area contributed by atoms with E-state index >= 15 is 0 Å². The second kappa shape index (κ2) is 4.97. The van der Waals surface area contributed by atoms with Crippen molar-refractivity contribution in [2.75, 3.05) is 0 Å². The molecular formula is C12H4F11NO. The topological polar surface area (TPSA) is 43.1 Å². The van der Waals surface area contributed by atoms with Crippen LogP contribution in [0.4, 0.5) is 48.3 Å². The molecule has 0 fully saturated rings. The minimum atomic E-state index is -6.87. The van der Waals surface area contributed by atoms with Crippen molar-refractivity contribution in [3.63, 3.8) is 0 Å². The first-order chi connectivity index (χ1) is 11.0. The molecule has 0 aliphatic heterocycles. The number of nitrogens with two attached hydrogens (primary N) is 1. The fourth-order valence-electron chi connectivity index (χ4n) is 2.34. The first-order valence-electron chi connectivity index (χ1n) is 6.03. The summed E-state index contributed by atoms with van der Waals surface area (Å²) >= 11 is 0. The standard InChI is InChI=1S/C12H4F11NO/c13-6-2(1-3(24)25)7(14)8(15)5-4(6)9(16,17)11(20,21)12(22,23)10(5,18)19/h1H2,(H2,24,25). The Morgan fingerprint density at radius 2 is 1.08 bits per heavy atom. The minimum Gasteiger partial charge on any atom is -0.369 e. The summed E-state index contributed by atoms with van der Waals surface area (Å²) in [6.07, 6.45) is -1.68.